The summed E-state index contributed by atoms with van der Waals surface area (Å²) in [6, 6.07) is 14.4. The zero-order valence-corrected chi connectivity index (χ0v) is 17.1. The minimum atomic E-state index is -0.357. The van der Waals surface area contributed by atoms with E-state index in [-0.39, 0.29) is 5.97 Å². The number of thioether (sulfide) groups is 1. The Morgan fingerprint density at radius 1 is 1.22 bits per heavy atom. The molecular formula is C21H23N2O2S2+. The van der Waals surface area contributed by atoms with E-state index in [1.54, 1.807) is 18.7 Å². The van der Waals surface area contributed by atoms with Gasteiger partial charge in [-0.2, -0.15) is 4.57 Å². The van der Waals surface area contributed by atoms with Gasteiger partial charge in [0.15, 0.2) is 12.4 Å². The largest absolute Gasteiger partial charge is 0.462 e. The summed E-state index contributed by atoms with van der Waals surface area (Å²) >= 11 is 3.14. The molecule has 1 aromatic carbocycles. The van der Waals surface area contributed by atoms with Crippen LogP contribution >= 0.6 is 23.1 Å². The fraction of sp³-hybridized carbons (Fsp3) is 0.238. The number of benzene rings is 1. The van der Waals surface area contributed by atoms with Crippen LogP contribution in [-0.2, 0) is 11.2 Å². The maximum atomic E-state index is 12.3. The number of anilines is 1. The van der Waals surface area contributed by atoms with E-state index in [4.69, 9.17) is 10.5 Å². The molecule has 3 rings (SSSR count). The number of aryl methyl sites for hydroxylation is 2. The molecule has 2 N–H and O–H groups in total. The van der Waals surface area contributed by atoms with Crippen molar-refractivity contribution in [2.45, 2.75) is 24.5 Å². The van der Waals surface area contributed by atoms with Crippen molar-refractivity contribution in [3.05, 3.63) is 70.9 Å². The van der Waals surface area contributed by atoms with Crippen LogP contribution in [0.1, 0.15) is 27.7 Å². The number of nitrogens with two attached hydrogens (primary N) is 1. The molecule has 3 aromatic rings. The third-order valence-corrected chi connectivity index (χ3v) is 6.46. The molecule has 4 nitrogen and oxygen atoms in total. The lowest BCUT2D eigenvalue weighted by Gasteiger charge is -2.02. The molecule has 0 aliphatic carbocycles. The first kappa shape index (κ1) is 19.5. The van der Waals surface area contributed by atoms with E-state index in [2.05, 4.69) is 24.3 Å². The third kappa shape index (κ3) is 4.70. The highest BCUT2D eigenvalue weighted by molar-refractivity contribution is 8.01. The Balaban J connectivity index is 1.90. The quantitative estimate of drug-likeness (QED) is 0.363. The summed E-state index contributed by atoms with van der Waals surface area (Å²) in [4.78, 5) is 12.8. The Morgan fingerprint density at radius 2 is 2.00 bits per heavy atom. The van der Waals surface area contributed by atoms with Crippen LogP contribution in [0.15, 0.2) is 59.1 Å². The average molecular weight is 400 g/mol. The van der Waals surface area contributed by atoms with Crippen molar-refractivity contribution in [2.24, 2.45) is 0 Å². The summed E-state index contributed by atoms with van der Waals surface area (Å²) in [7, 11) is 0. The van der Waals surface area contributed by atoms with Crippen molar-refractivity contribution in [3.63, 3.8) is 0 Å². The fourth-order valence-electron chi connectivity index (χ4n) is 2.74. The second kappa shape index (κ2) is 9.06. The van der Waals surface area contributed by atoms with Gasteiger partial charge in [0.25, 0.3) is 5.69 Å². The predicted molar refractivity (Wildman–Crippen MR) is 112 cm³/mol. The van der Waals surface area contributed by atoms with Gasteiger partial charge in [-0.3, -0.25) is 0 Å². The summed E-state index contributed by atoms with van der Waals surface area (Å²) in [5.41, 5.74) is 10.1. The summed E-state index contributed by atoms with van der Waals surface area (Å²) in [6.07, 6.45) is 4.94. The lowest BCUT2D eigenvalue weighted by Crippen LogP contribution is -2.31. The second-order valence-electron chi connectivity index (χ2n) is 6.07. The molecule has 0 aliphatic heterocycles. The van der Waals surface area contributed by atoms with Gasteiger partial charge >= 0.3 is 5.97 Å². The normalized spacial score (nSPS) is 10.7. The predicted octanol–water partition coefficient (Wildman–Crippen LogP) is 4.43. The number of carbonyl (C=O) groups excluding carboxylic acids is 1. The molecule has 27 heavy (non-hydrogen) atoms. The Bertz CT molecular complexity index is 923. The molecule has 0 atom stereocenters. The highest BCUT2D eigenvalue weighted by atomic mass is 32.2. The van der Waals surface area contributed by atoms with Crippen molar-refractivity contribution in [2.75, 3.05) is 18.1 Å². The van der Waals surface area contributed by atoms with E-state index in [9.17, 15) is 4.79 Å². The Morgan fingerprint density at radius 3 is 2.70 bits per heavy atom. The highest BCUT2D eigenvalue weighted by Crippen LogP contribution is 2.39. The van der Waals surface area contributed by atoms with E-state index in [1.807, 2.05) is 42.1 Å². The van der Waals surface area contributed by atoms with Crippen molar-refractivity contribution >= 4 is 34.8 Å². The summed E-state index contributed by atoms with van der Waals surface area (Å²) in [5, 5.41) is 0. The maximum absolute atomic E-state index is 12.3. The Labute approximate surface area is 168 Å². The van der Waals surface area contributed by atoms with Crippen LogP contribution in [-0.4, -0.2) is 18.3 Å². The molecular weight excluding hydrogens is 376 g/mol. The first-order valence-corrected chi connectivity index (χ1v) is 10.6. The van der Waals surface area contributed by atoms with Gasteiger partial charge in [0, 0.05) is 17.4 Å². The van der Waals surface area contributed by atoms with Gasteiger partial charge in [-0.05, 0) is 31.9 Å². The summed E-state index contributed by atoms with van der Waals surface area (Å²) in [5.74, 6) is 0.551. The summed E-state index contributed by atoms with van der Waals surface area (Å²) in [6.45, 7) is 4.17. The topological polar surface area (TPSA) is 56.2 Å². The van der Waals surface area contributed by atoms with E-state index < -0.39 is 0 Å². The molecule has 0 fully saturated rings. The van der Waals surface area contributed by atoms with Gasteiger partial charge in [-0.1, -0.05) is 30.3 Å². The first-order chi connectivity index (χ1) is 13.1. The minimum absolute atomic E-state index is 0.333. The lowest BCUT2D eigenvalue weighted by molar-refractivity contribution is -0.597. The smallest absolute Gasteiger partial charge is 0.350 e. The number of nitrogens with zero attached hydrogens (tertiary/aromatic N) is 1. The van der Waals surface area contributed by atoms with Crippen molar-refractivity contribution < 1.29 is 14.1 Å². The molecule has 140 valence electrons. The lowest BCUT2D eigenvalue weighted by atomic mass is 10.2. The molecule has 0 amide bonds. The second-order valence-corrected chi connectivity index (χ2v) is 8.46. The van der Waals surface area contributed by atoms with Crippen molar-refractivity contribution in [1.82, 2.24) is 0 Å². The number of pyridine rings is 1. The molecule has 0 bridgehead atoms. The molecule has 0 radical (unpaired) electrons. The molecule has 0 spiro atoms. The molecule has 0 unspecified atom stereocenters. The number of carbonyl (C=O) groups is 1. The van der Waals surface area contributed by atoms with Crippen molar-refractivity contribution in [1.29, 1.82) is 0 Å². The molecule has 6 heteroatoms. The molecule has 2 aromatic heterocycles. The minimum Gasteiger partial charge on any atom is -0.462 e. The van der Waals surface area contributed by atoms with Crippen LogP contribution in [0.2, 0.25) is 0 Å². The standard InChI is InChI=1S/C21H22N2O2S2/c1-3-25-20(24)19-17(22)18(23-12-7-8-15(2)14-23)21(27-19)26-13-11-16-9-5-4-6-10-16/h4-10,12,14H,3,11,13H2,1-2H3,(H-,22,24)/p+1. The molecule has 2 heterocycles. The number of hydrogen-bond acceptors (Lipinski definition) is 5. The number of thiophene rings is 1. The number of aromatic nitrogens is 1. The highest BCUT2D eigenvalue weighted by Gasteiger charge is 2.28. The average Bonchev–Trinajstić information content (AvgIpc) is 2.99. The van der Waals surface area contributed by atoms with E-state index in [1.165, 1.54) is 16.9 Å². The molecule has 0 saturated carbocycles. The van der Waals surface area contributed by atoms with Gasteiger partial charge in [0.05, 0.1) is 6.61 Å². The molecule has 0 saturated heterocycles. The van der Waals surface area contributed by atoms with E-state index in [0.717, 1.165) is 27.6 Å². The summed E-state index contributed by atoms with van der Waals surface area (Å²) < 4.78 is 8.21. The SMILES string of the molecule is CCOC(=O)c1sc(SCCc2ccccc2)c(-[n+]2cccc(C)c2)c1N. The monoisotopic (exact) mass is 399 g/mol. The fourth-order valence-corrected chi connectivity index (χ4v) is 5.20. The Kier molecular flexibility index (Phi) is 6.53. The van der Waals surface area contributed by atoms with Crippen LogP contribution in [0.3, 0.4) is 0 Å². The van der Waals surface area contributed by atoms with E-state index >= 15 is 0 Å². The van der Waals surface area contributed by atoms with Crippen molar-refractivity contribution in [3.8, 4) is 5.69 Å². The number of hydrogen-bond donors (Lipinski definition) is 1. The first-order valence-electron chi connectivity index (χ1n) is 8.84. The third-order valence-electron chi connectivity index (χ3n) is 4.02. The van der Waals surface area contributed by atoms with Crippen LogP contribution in [0.5, 0.6) is 0 Å². The molecule has 0 aliphatic rings. The maximum Gasteiger partial charge on any atom is 0.350 e. The zero-order chi connectivity index (χ0) is 19.2. The number of esters is 1. The van der Waals surface area contributed by atoms with Gasteiger partial charge in [-0.15, -0.1) is 23.1 Å². The van der Waals surface area contributed by atoms with E-state index in [0.29, 0.717) is 17.2 Å². The van der Waals surface area contributed by atoms with Gasteiger partial charge in [-0.25, -0.2) is 4.79 Å². The van der Waals surface area contributed by atoms with Gasteiger partial charge in [0.2, 0.25) is 0 Å². The van der Waals surface area contributed by atoms with Crippen LogP contribution in [0.4, 0.5) is 5.69 Å². The number of ether oxygens (including phenoxy) is 1. The van der Waals surface area contributed by atoms with Crippen LogP contribution < -0.4 is 10.3 Å². The number of rotatable bonds is 7. The van der Waals surface area contributed by atoms with Crippen LogP contribution in [0.25, 0.3) is 5.69 Å². The Hall–Kier alpha value is -2.31. The van der Waals surface area contributed by atoms with Gasteiger partial charge < -0.3 is 10.5 Å². The van der Waals surface area contributed by atoms with Crippen LogP contribution in [0, 0.1) is 6.92 Å². The van der Waals surface area contributed by atoms with Gasteiger partial charge in [0.1, 0.15) is 14.8 Å². The zero-order valence-electron chi connectivity index (χ0n) is 15.5. The number of nitrogen functional groups attached to an aromatic ring is 1.